The van der Waals surface area contributed by atoms with Crippen LogP contribution in [0, 0.1) is 5.82 Å². The minimum Gasteiger partial charge on any atom is -0.357 e. The molecule has 0 aliphatic rings. The van der Waals surface area contributed by atoms with E-state index >= 15 is 0 Å². The van der Waals surface area contributed by atoms with Gasteiger partial charge in [-0.3, -0.25) is 4.68 Å². The van der Waals surface area contributed by atoms with E-state index in [1.54, 1.807) is 6.07 Å². The molecule has 3 aromatic rings. The largest absolute Gasteiger partial charge is 0.357 e. The Labute approximate surface area is 188 Å². The predicted octanol–water partition coefficient (Wildman–Crippen LogP) is 3.99. The molecule has 0 spiro atoms. The van der Waals surface area contributed by atoms with Gasteiger partial charge in [0.05, 0.1) is 19.3 Å². The van der Waals surface area contributed by atoms with Gasteiger partial charge < -0.3 is 10.6 Å². The van der Waals surface area contributed by atoms with Gasteiger partial charge in [-0.15, -0.1) is 24.0 Å². The Morgan fingerprint density at radius 1 is 1.03 bits per heavy atom. The van der Waals surface area contributed by atoms with Gasteiger partial charge in [0.15, 0.2) is 5.96 Å². The molecule has 5 nitrogen and oxygen atoms in total. The number of hydrogen-bond acceptors (Lipinski definition) is 2. The van der Waals surface area contributed by atoms with Crippen LogP contribution in [-0.2, 0) is 19.5 Å². The van der Waals surface area contributed by atoms with Crippen LogP contribution in [0.5, 0.6) is 0 Å². The minimum atomic E-state index is -0.169. The van der Waals surface area contributed by atoms with Gasteiger partial charge >= 0.3 is 0 Å². The minimum absolute atomic E-state index is 0. The van der Waals surface area contributed by atoms with Crippen LogP contribution in [-0.4, -0.2) is 28.8 Å². The van der Waals surface area contributed by atoms with Gasteiger partial charge in [0.2, 0.25) is 0 Å². The Hall–Kier alpha value is -2.42. The fraction of sp³-hybridized carbons (Fsp3) is 0.273. The molecular formula is C22H27FIN5. The number of nitrogens with one attached hydrogen (secondary N) is 2. The van der Waals surface area contributed by atoms with Crippen molar-refractivity contribution in [3.63, 3.8) is 0 Å². The molecule has 0 bridgehead atoms. The summed E-state index contributed by atoms with van der Waals surface area (Å²) in [5.41, 5.74) is 2.96. The van der Waals surface area contributed by atoms with E-state index in [2.05, 4.69) is 32.9 Å². The smallest absolute Gasteiger partial charge is 0.191 e. The summed E-state index contributed by atoms with van der Waals surface area (Å²) in [6.07, 6.45) is 4.46. The number of halogens is 2. The number of guanidine groups is 1. The lowest BCUT2D eigenvalue weighted by atomic mass is 10.1. The Balaban J connectivity index is 0.00000300. The first-order chi connectivity index (χ1) is 13.7. The molecule has 154 valence electrons. The number of aromatic nitrogens is 2. The highest BCUT2D eigenvalue weighted by atomic mass is 127. The average Bonchev–Trinajstić information content (AvgIpc) is 3.15. The van der Waals surface area contributed by atoms with Crippen molar-refractivity contribution < 1.29 is 4.39 Å². The van der Waals surface area contributed by atoms with E-state index in [0.717, 1.165) is 24.6 Å². The van der Waals surface area contributed by atoms with Gasteiger partial charge in [0, 0.05) is 24.8 Å². The topological polar surface area (TPSA) is 54.2 Å². The zero-order valence-electron chi connectivity index (χ0n) is 16.5. The van der Waals surface area contributed by atoms with Crippen molar-refractivity contribution in [1.82, 2.24) is 20.4 Å². The molecule has 0 radical (unpaired) electrons. The zero-order chi connectivity index (χ0) is 19.6. The molecule has 3 rings (SSSR count). The first kappa shape index (κ1) is 22.9. The van der Waals surface area contributed by atoms with Gasteiger partial charge in [-0.1, -0.05) is 48.5 Å². The van der Waals surface area contributed by atoms with Crippen molar-refractivity contribution in [2.24, 2.45) is 4.99 Å². The normalized spacial score (nSPS) is 11.0. The second kappa shape index (κ2) is 12.2. The Morgan fingerprint density at radius 2 is 1.79 bits per heavy atom. The van der Waals surface area contributed by atoms with Crippen LogP contribution in [0.15, 0.2) is 72.0 Å². The van der Waals surface area contributed by atoms with Crippen LogP contribution < -0.4 is 10.6 Å². The molecule has 0 aliphatic heterocycles. The summed E-state index contributed by atoms with van der Waals surface area (Å²) in [5.74, 6) is 0.548. The Kier molecular flexibility index (Phi) is 9.63. The standard InChI is InChI=1S/C22H26FN5.HI/c1-2-24-22(25-13-12-20-10-6-7-11-21(20)23)26-14-19-15-27-28(17-19)16-18-8-4-3-5-9-18;/h3-11,15,17H,2,12-14,16H2,1H3,(H2,24,25,26);1H. The summed E-state index contributed by atoms with van der Waals surface area (Å²) in [4.78, 5) is 4.61. The first-order valence-electron chi connectivity index (χ1n) is 9.55. The van der Waals surface area contributed by atoms with Crippen LogP contribution in [0.2, 0.25) is 0 Å². The zero-order valence-corrected chi connectivity index (χ0v) is 18.8. The fourth-order valence-corrected chi connectivity index (χ4v) is 2.87. The summed E-state index contributed by atoms with van der Waals surface area (Å²) in [5, 5.41) is 10.9. The predicted molar refractivity (Wildman–Crippen MR) is 126 cm³/mol. The van der Waals surface area contributed by atoms with E-state index in [-0.39, 0.29) is 29.8 Å². The lowest BCUT2D eigenvalue weighted by Crippen LogP contribution is -2.38. The molecule has 0 amide bonds. The Bertz CT molecular complexity index is 895. The molecule has 7 heteroatoms. The van der Waals surface area contributed by atoms with E-state index in [0.29, 0.717) is 25.1 Å². The van der Waals surface area contributed by atoms with Gasteiger partial charge in [-0.25, -0.2) is 9.38 Å². The van der Waals surface area contributed by atoms with Crippen molar-refractivity contribution >= 4 is 29.9 Å². The van der Waals surface area contributed by atoms with Crippen LogP contribution in [0.1, 0.15) is 23.6 Å². The Morgan fingerprint density at radius 3 is 2.55 bits per heavy atom. The van der Waals surface area contributed by atoms with Crippen LogP contribution >= 0.6 is 24.0 Å². The van der Waals surface area contributed by atoms with Crippen molar-refractivity contribution in [3.8, 4) is 0 Å². The van der Waals surface area contributed by atoms with Crippen molar-refractivity contribution in [3.05, 3.63) is 89.5 Å². The molecule has 29 heavy (non-hydrogen) atoms. The molecular weight excluding hydrogens is 480 g/mol. The van der Waals surface area contributed by atoms with E-state index in [4.69, 9.17) is 0 Å². The summed E-state index contributed by atoms with van der Waals surface area (Å²) < 4.78 is 15.6. The highest BCUT2D eigenvalue weighted by molar-refractivity contribution is 14.0. The maximum Gasteiger partial charge on any atom is 0.191 e. The maximum absolute atomic E-state index is 13.7. The number of aliphatic imine (C=N–C) groups is 1. The second-order valence-corrected chi connectivity index (χ2v) is 6.50. The lowest BCUT2D eigenvalue weighted by molar-refractivity contribution is 0.606. The fourth-order valence-electron chi connectivity index (χ4n) is 2.87. The molecule has 0 saturated heterocycles. The van der Waals surface area contributed by atoms with Gasteiger partial charge in [0.25, 0.3) is 0 Å². The van der Waals surface area contributed by atoms with Crippen molar-refractivity contribution in [2.45, 2.75) is 26.4 Å². The van der Waals surface area contributed by atoms with Gasteiger partial charge in [0.1, 0.15) is 5.82 Å². The SMILES string of the molecule is CCNC(=NCc1cnn(Cc2ccccc2)c1)NCCc1ccccc1F.I. The van der Waals surface area contributed by atoms with Crippen molar-refractivity contribution in [2.75, 3.05) is 13.1 Å². The molecule has 0 unspecified atom stereocenters. The number of hydrogen-bond donors (Lipinski definition) is 2. The summed E-state index contributed by atoms with van der Waals surface area (Å²) in [7, 11) is 0. The van der Waals surface area contributed by atoms with Gasteiger partial charge in [-0.2, -0.15) is 5.10 Å². The highest BCUT2D eigenvalue weighted by Gasteiger charge is 2.03. The molecule has 0 saturated carbocycles. The molecule has 0 fully saturated rings. The summed E-state index contributed by atoms with van der Waals surface area (Å²) >= 11 is 0. The van der Waals surface area contributed by atoms with Crippen LogP contribution in [0.4, 0.5) is 4.39 Å². The summed E-state index contributed by atoms with van der Waals surface area (Å²) in [6, 6.07) is 17.1. The third kappa shape index (κ3) is 7.49. The average molecular weight is 507 g/mol. The van der Waals surface area contributed by atoms with E-state index < -0.39 is 0 Å². The van der Waals surface area contributed by atoms with Gasteiger partial charge in [-0.05, 0) is 30.5 Å². The van der Waals surface area contributed by atoms with E-state index in [1.165, 1.54) is 11.6 Å². The highest BCUT2D eigenvalue weighted by Crippen LogP contribution is 2.07. The van der Waals surface area contributed by atoms with E-state index in [9.17, 15) is 4.39 Å². The van der Waals surface area contributed by atoms with Crippen LogP contribution in [0.3, 0.4) is 0 Å². The summed E-state index contributed by atoms with van der Waals surface area (Å²) in [6.45, 7) is 4.67. The third-order valence-corrected chi connectivity index (χ3v) is 4.28. The number of rotatable bonds is 8. The molecule has 0 atom stereocenters. The monoisotopic (exact) mass is 507 g/mol. The first-order valence-corrected chi connectivity index (χ1v) is 9.55. The molecule has 1 heterocycles. The quantitative estimate of drug-likeness (QED) is 0.276. The number of benzene rings is 2. The van der Waals surface area contributed by atoms with Crippen LogP contribution in [0.25, 0.3) is 0 Å². The number of nitrogens with zero attached hydrogens (tertiary/aromatic N) is 3. The van der Waals surface area contributed by atoms with E-state index in [1.807, 2.05) is 54.3 Å². The molecule has 2 N–H and O–H groups in total. The molecule has 2 aromatic carbocycles. The lowest BCUT2D eigenvalue weighted by Gasteiger charge is -2.11. The molecule has 0 aliphatic carbocycles. The maximum atomic E-state index is 13.7. The molecule has 1 aromatic heterocycles. The third-order valence-electron chi connectivity index (χ3n) is 4.28. The van der Waals surface area contributed by atoms with Crippen molar-refractivity contribution in [1.29, 1.82) is 0 Å². The second-order valence-electron chi connectivity index (χ2n) is 6.50.